The summed E-state index contributed by atoms with van der Waals surface area (Å²) in [5, 5.41) is 0. The lowest BCUT2D eigenvalue weighted by molar-refractivity contribution is -0.187. The van der Waals surface area contributed by atoms with E-state index >= 15 is 0 Å². The highest BCUT2D eigenvalue weighted by molar-refractivity contribution is 5.96. The van der Waals surface area contributed by atoms with Crippen molar-refractivity contribution in [1.82, 2.24) is 0 Å². The third-order valence-electron chi connectivity index (χ3n) is 5.14. The molecule has 0 bridgehead atoms. The van der Waals surface area contributed by atoms with E-state index in [-0.39, 0.29) is 34.8 Å². The Bertz CT molecular complexity index is 957. The van der Waals surface area contributed by atoms with Gasteiger partial charge in [-0.3, -0.25) is 0 Å². The molecule has 2 aromatic rings. The molecule has 0 unspecified atom stereocenters. The lowest BCUT2D eigenvalue weighted by atomic mass is 10.2. The lowest BCUT2D eigenvalue weighted by Crippen LogP contribution is -2.21. The van der Waals surface area contributed by atoms with Crippen molar-refractivity contribution >= 4 is 24.2 Å². The van der Waals surface area contributed by atoms with Gasteiger partial charge in [0.2, 0.25) is 0 Å². The predicted octanol–water partition coefficient (Wildman–Crippen LogP) is 6.02. The summed E-state index contributed by atoms with van der Waals surface area (Å²) in [7, 11) is 0. The van der Waals surface area contributed by atoms with Crippen LogP contribution in [0, 0.1) is 0 Å². The van der Waals surface area contributed by atoms with Crippen LogP contribution in [0.25, 0.3) is 0 Å². The molecule has 2 aromatic carbocycles. The minimum atomic E-state index is -1.10. The average molecular weight is 503 g/mol. The second kappa shape index (κ2) is 14.3. The molecule has 0 fully saturated rings. The van der Waals surface area contributed by atoms with Crippen LogP contribution < -0.4 is 9.47 Å². The maximum Gasteiger partial charge on any atom is 0.514 e. The Balaban J connectivity index is 2.04. The fourth-order valence-corrected chi connectivity index (χ4v) is 3.02. The molecule has 0 heterocycles. The van der Waals surface area contributed by atoms with E-state index in [1.165, 1.54) is 48.5 Å². The first-order chi connectivity index (χ1) is 17.3. The zero-order chi connectivity index (χ0) is 26.5. The fraction of sp³-hybridized carbons (Fsp3) is 0.385. The zero-order valence-corrected chi connectivity index (χ0v) is 20.7. The van der Waals surface area contributed by atoms with Gasteiger partial charge in [0.05, 0.1) is 0 Å². The second-order valence-corrected chi connectivity index (χ2v) is 7.55. The lowest BCUT2D eigenvalue weighted by Gasteiger charge is -2.15. The number of hydrogen-bond donors (Lipinski definition) is 0. The molecular formula is C26H30O10. The number of rotatable bonds is 10. The Morgan fingerprint density at radius 1 is 0.583 bits per heavy atom. The van der Waals surface area contributed by atoms with Gasteiger partial charge >= 0.3 is 24.2 Å². The maximum atomic E-state index is 12.5. The van der Waals surface area contributed by atoms with Crippen LogP contribution in [0.15, 0.2) is 48.5 Å². The molecule has 36 heavy (non-hydrogen) atoms. The first-order valence-electron chi connectivity index (χ1n) is 11.7. The third kappa shape index (κ3) is 8.30. The summed E-state index contributed by atoms with van der Waals surface area (Å²) < 4.78 is 20.6. The summed E-state index contributed by atoms with van der Waals surface area (Å²) in [6.45, 7) is 7.45. The van der Waals surface area contributed by atoms with Crippen molar-refractivity contribution in [1.29, 1.82) is 0 Å². The topological polar surface area (TPSA) is 124 Å². The van der Waals surface area contributed by atoms with Crippen molar-refractivity contribution in [3.05, 3.63) is 59.7 Å². The number of carbonyl (C=O) groups is 4. The van der Waals surface area contributed by atoms with Crippen LogP contribution in [0.1, 0.15) is 74.1 Å². The molecule has 0 aliphatic rings. The fourth-order valence-electron chi connectivity index (χ4n) is 3.02. The van der Waals surface area contributed by atoms with E-state index in [9.17, 15) is 19.2 Å². The van der Waals surface area contributed by atoms with Crippen LogP contribution in [0.2, 0.25) is 0 Å². The molecule has 0 spiro atoms. The molecule has 0 atom stereocenters. The van der Waals surface area contributed by atoms with Crippen LogP contribution in [-0.2, 0) is 19.2 Å². The highest BCUT2D eigenvalue weighted by Gasteiger charge is 2.24. The molecule has 0 saturated heterocycles. The molecule has 0 saturated carbocycles. The first-order valence-corrected chi connectivity index (χ1v) is 11.7. The van der Waals surface area contributed by atoms with Gasteiger partial charge in [-0.15, -0.1) is 0 Å². The molecule has 0 aliphatic heterocycles. The first kappa shape index (κ1) is 28.2. The van der Waals surface area contributed by atoms with Gasteiger partial charge in [-0.1, -0.05) is 52.0 Å². The minimum Gasteiger partial charge on any atom is -0.431 e. The van der Waals surface area contributed by atoms with Gasteiger partial charge in [0.25, 0.3) is 0 Å². The number of carbonyl (C=O) groups excluding carboxylic acids is 4. The molecule has 0 amide bonds. The number of ether oxygens (including phenoxy) is 4. The molecule has 0 aromatic heterocycles. The van der Waals surface area contributed by atoms with Crippen molar-refractivity contribution in [3.8, 4) is 11.5 Å². The van der Waals surface area contributed by atoms with Gasteiger partial charge in [0.1, 0.15) is 34.8 Å². The average Bonchev–Trinajstić information content (AvgIpc) is 2.89. The molecule has 0 aliphatic carbocycles. The SMILES string of the molecule is CCC(CC)OC(=O)Oc1ccccc1C(=O)OOC(=O)c1ccccc1OC(=O)OC(CC)CC. The summed E-state index contributed by atoms with van der Waals surface area (Å²) in [5.74, 6) is -2.47. The number of hydrogen-bond acceptors (Lipinski definition) is 10. The summed E-state index contributed by atoms with van der Waals surface area (Å²) >= 11 is 0. The summed E-state index contributed by atoms with van der Waals surface area (Å²) in [6.07, 6.45) is -0.200. The van der Waals surface area contributed by atoms with Crippen LogP contribution in [0.5, 0.6) is 11.5 Å². The normalized spacial score (nSPS) is 10.5. The molecule has 194 valence electrons. The van der Waals surface area contributed by atoms with Crippen molar-refractivity contribution in [3.63, 3.8) is 0 Å². The quantitative estimate of drug-likeness (QED) is 0.165. The van der Waals surface area contributed by atoms with Crippen molar-refractivity contribution in [2.75, 3.05) is 0 Å². The maximum absolute atomic E-state index is 12.5. The summed E-state index contributed by atoms with van der Waals surface area (Å²) in [4.78, 5) is 58.5. The van der Waals surface area contributed by atoms with E-state index in [0.29, 0.717) is 25.7 Å². The van der Waals surface area contributed by atoms with Gasteiger partial charge in [0, 0.05) is 0 Å². The molecule has 10 heteroatoms. The Morgan fingerprint density at radius 2 is 0.917 bits per heavy atom. The predicted molar refractivity (Wildman–Crippen MR) is 127 cm³/mol. The van der Waals surface area contributed by atoms with Crippen molar-refractivity contribution in [2.24, 2.45) is 0 Å². The van der Waals surface area contributed by atoms with E-state index in [0.717, 1.165) is 0 Å². The van der Waals surface area contributed by atoms with E-state index in [2.05, 4.69) is 9.78 Å². The Labute approximate surface area is 209 Å². The van der Waals surface area contributed by atoms with Crippen LogP contribution >= 0.6 is 0 Å². The minimum absolute atomic E-state index is 0.137. The Morgan fingerprint density at radius 3 is 1.25 bits per heavy atom. The number of para-hydroxylation sites is 2. The molecular weight excluding hydrogens is 472 g/mol. The Kier molecular flexibility index (Phi) is 11.2. The third-order valence-corrected chi connectivity index (χ3v) is 5.14. The van der Waals surface area contributed by atoms with Gasteiger partial charge in [-0.05, 0) is 49.9 Å². The van der Waals surface area contributed by atoms with Gasteiger partial charge in [0.15, 0.2) is 0 Å². The number of benzene rings is 2. The molecule has 10 nitrogen and oxygen atoms in total. The Hall–Kier alpha value is -4.08. The van der Waals surface area contributed by atoms with E-state index < -0.39 is 24.2 Å². The largest absolute Gasteiger partial charge is 0.514 e. The van der Waals surface area contributed by atoms with E-state index in [1.54, 1.807) is 0 Å². The zero-order valence-electron chi connectivity index (χ0n) is 20.7. The smallest absolute Gasteiger partial charge is 0.431 e. The van der Waals surface area contributed by atoms with E-state index in [4.69, 9.17) is 18.9 Å². The summed E-state index contributed by atoms with van der Waals surface area (Å²) in [6, 6.07) is 11.5. The van der Waals surface area contributed by atoms with Crippen LogP contribution in [0.3, 0.4) is 0 Å². The van der Waals surface area contributed by atoms with Crippen molar-refractivity contribution < 1.29 is 47.9 Å². The van der Waals surface area contributed by atoms with Crippen LogP contribution in [-0.4, -0.2) is 36.5 Å². The molecule has 0 N–H and O–H groups in total. The van der Waals surface area contributed by atoms with E-state index in [1.807, 2.05) is 27.7 Å². The van der Waals surface area contributed by atoms with Gasteiger partial charge < -0.3 is 18.9 Å². The van der Waals surface area contributed by atoms with Crippen LogP contribution in [0.4, 0.5) is 9.59 Å². The highest BCUT2D eigenvalue weighted by atomic mass is 17.2. The monoisotopic (exact) mass is 502 g/mol. The summed E-state index contributed by atoms with van der Waals surface area (Å²) in [5.41, 5.74) is -0.352. The van der Waals surface area contributed by atoms with Gasteiger partial charge in [-0.2, -0.15) is 0 Å². The van der Waals surface area contributed by atoms with Crippen molar-refractivity contribution in [2.45, 2.75) is 65.6 Å². The second-order valence-electron chi connectivity index (χ2n) is 7.55. The highest BCUT2D eigenvalue weighted by Crippen LogP contribution is 2.23. The van der Waals surface area contributed by atoms with Gasteiger partial charge in [-0.25, -0.2) is 29.0 Å². The molecule has 2 rings (SSSR count). The standard InChI is InChI=1S/C26H30O10/c1-5-17(6-2)31-25(29)33-21-15-11-9-13-19(21)23(27)35-36-24(28)20-14-10-12-16-22(20)34-26(30)32-18(7-3)8-4/h9-18H,5-8H2,1-4H3. The molecule has 0 radical (unpaired) electrons.